The lowest BCUT2D eigenvalue weighted by molar-refractivity contribution is -0.120. The van der Waals surface area contributed by atoms with Crippen LogP contribution < -0.4 is 19.1 Å². The number of hydrogen-bond acceptors (Lipinski definition) is 5. The van der Waals surface area contributed by atoms with Crippen LogP contribution in [0.15, 0.2) is 65.6 Å². The van der Waals surface area contributed by atoms with Crippen molar-refractivity contribution in [2.75, 3.05) is 25.1 Å². The topological polar surface area (TPSA) is 84.9 Å². The van der Waals surface area contributed by atoms with E-state index in [2.05, 4.69) is 5.32 Å². The highest BCUT2D eigenvalue weighted by Crippen LogP contribution is 2.32. The van der Waals surface area contributed by atoms with Crippen molar-refractivity contribution in [1.82, 2.24) is 5.32 Å². The first-order valence-corrected chi connectivity index (χ1v) is 13.3. The van der Waals surface area contributed by atoms with E-state index in [0.717, 1.165) is 26.7 Å². The minimum atomic E-state index is -4.07. The standard InChI is InChI=1S/C27H31ClN2O5S/c1-6-24(20-9-13-25(34-4)19(3)15-20)29-27(31)17-30(21-10-14-26(35-5)23(28)16-21)36(32,33)22-11-7-18(2)8-12-22/h7-16,24H,6,17H2,1-5H3,(H,29,31)/t24-/m0/s1. The van der Waals surface area contributed by atoms with Crippen molar-refractivity contribution in [1.29, 1.82) is 0 Å². The van der Waals surface area contributed by atoms with Crippen LogP contribution in [0.25, 0.3) is 0 Å². The molecule has 36 heavy (non-hydrogen) atoms. The molecule has 1 N–H and O–H groups in total. The predicted octanol–water partition coefficient (Wildman–Crippen LogP) is 5.44. The largest absolute Gasteiger partial charge is 0.496 e. The second-order valence-corrected chi connectivity index (χ2v) is 10.7. The van der Waals surface area contributed by atoms with E-state index in [1.807, 2.05) is 39.0 Å². The number of halogens is 1. The Morgan fingerprint density at radius 2 is 1.61 bits per heavy atom. The van der Waals surface area contributed by atoms with Crippen LogP contribution in [-0.2, 0) is 14.8 Å². The molecule has 0 aliphatic heterocycles. The van der Waals surface area contributed by atoms with Crippen molar-refractivity contribution in [2.45, 2.75) is 38.1 Å². The number of benzene rings is 3. The Morgan fingerprint density at radius 3 is 2.17 bits per heavy atom. The zero-order chi connectivity index (χ0) is 26.5. The average Bonchev–Trinajstić information content (AvgIpc) is 2.86. The van der Waals surface area contributed by atoms with Gasteiger partial charge in [0.1, 0.15) is 18.0 Å². The van der Waals surface area contributed by atoms with Crippen LogP contribution in [0.3, 0.4) is 0 Å². The highest BCUT2D eigenvalue weighted by molar-refractivity contribution is 7.92. The molecular formula is C27H31ClN2O5S. The first kappa shape index (κ1) is 27.4. The van der Waals surface area contributed by atoms with Gasteiger partial charge in [-0.1, -0.05) is 48.4 Å². The van der Waals surface area contributed by atoms with Gasteiger partial charge in [-0.25, -0.2) is 8.42 Å². The van der Waals surface area contributed by atoms with Crippen LogP contribution in [-0.4, -0.2) is 35.1 Å². The molecule has 0 saturated heterocycles. The minimum absolute atomic E-state index is 0.0747. The second kappa shape index (κ2) is 11.7. The van der Waals surface area contributed by atoms with E-state index in [-0.39, 0.29) is 21.6 Å². The second-order valence-electron chi connectivity index (χ2n) is 8.40. The number of rotatable bonds is 10. The summed E-state index contributed by atoms with van der Waals surface area (Å²) in [6, 6.07) is 16.5. The Morgan fingerprint density at radius 1 is 0.972 bits per heavy atom. The molecule has 3 aromatic rings. The summed E-state index contributed by atoms with van der Waals surface area (Å²) in [5.41, 5.74) is 3.03. The predicted molar refractivity (Wildman–Crippen MR) is 143 cm³/mol. The minimum Gasteiger partial charge on any atom is -0.496 e. The van der Waals surface area contributed by atoms with Crippen molar-refractivity contribution >= 4 is 33.2 Å². The molecule has 3 aromatic carbocycles. The lowest BCUT2D eigenvalue weighted by Crippen LogP contribution is -2.42. The van der Waals surface area contributed by atoms with Gasteiger partial charge < -0.3 is 14.8 Å². The van der Waals surface area contributed by atoms with E-state index in [1.54, 1.807) is 31.4 Å². The third-order valence-corrected chi connectivity index (χ3v) is 7.97. The summed E-state index contributed by atoms with van der Waals surface area (Å²) in [7, 11) is -0.989. The Bertz CT molecular complexity index is 1330. The van der Waals surface area contributed by atoms with E-state index in [0.29, 0.717) is 12.2 Å². The van der Waals surface area contributed by atoms with Crippen LogP contribution in [0, 0.1) is 13.8 Å². The number of hydrogen-bond donors (Lipinski definition) is 1. The fourth-order valence-corrected chi connectivity index (χ4v) is 5.54. The number of carbonyl (C=O) groups is 1. The quantitative estimate of drug-likeness (QED) is 0.377. The number of amides is 1. The SMILES string of the molecule is CC[C@H](NC(=O)CN(c1ccc(OC)c(Cl)c1)S(=O)(=O)c1ccc(C)cc1)c1ccc(OC)c(C)c1. The summed E-state index contributed by atoms with van der Waals surface area (Å²) in [5.74, 6) is 0.711. The van der Waals surface area contributed by atoms with Crippen molar-refractivity contribution in [3.63, 3.8) is 0 Å². The molecule has 0 spiro atoms. The van der Waals surface area contributed by atoms with E-state index < -0.39 is 22.5 Å². The maximum atomic E-state index is 13.6. The van der Waals surface area contributed by atoms with Crippen molar-refractivity contribution < 1.29 is 22.7 Å². The number of nitrogens with zero attached hydrogens (tertiary/aromatic N) is 1. The van der Waals surface area contributed by atoms with Gasteiger partial charge in [0.05, 0.1) is 35.9 Å². The number of carbonyl (C=O) groups excluding carboxylic acids is 1. The van der Waals surface area contributed by atoms with Gasteiger partial charge in [-0.05, 0) is 67.8 Å². The van der Waals surface area contributed by atoms with Crippen LogP contribution in [0.5, 0.6) is 11.5 Å². The molecule has 9 heteroatoms. The summed E-state index contributed by atoms with van der Waals surface area (Å²) in [4.78, 5) is 13.3. The highest BCUT2D eigenvalue weighted by atomic mass is 35.5. The fourth-order valence-electron chi connectivity index (χ4n) is 3.87. The van der Waals surface area contributed by atoms with Crippen LogP contribution in [0.4, 0.5) is 5.69 Å². The van der Waals surface area contributed by atoms with Gasteiger partial charge in [0.2, 0.25) is 5.91 Å². The normalized spacial score (nSPS) is 12.1. The highest BCUT2D eigenvalue weighted by Gasteiger charge is 2.28. The Hall–Kier alpha value is -3.23. The number of anilines is 1. The molecule has 0 aromatic heterocycles. The van der Waals surface area contributed by atoms with E-state index in [9.17, 15) is 13.2 Å². The summed E-state index contributed by atoms with van der Waals surface area (Å²) in [6.45, 7) is 5.33. The molecule has 0 bridgehead atoms. The number of methoxy groups -OCH3 is 2. The van der Waals surface area contributed by atoms with Gasteiger partial charge in [0, 0.05) is 0 Å². The molecule has 0 aliphatic carbocycles. The maximum absolute atomic E-state index is 13.6. The smallest absolute Gasteiger partial charge is 0.264 e. The van der Waals surface area contributed by atoms with Crippen LogP contribution in [0.1, 0.15) is 36.1 Å². The maximum Gasteiger partial charge on any atom is 0.264 e. The molecule has 3 rings (SSSR count). The molecule has 0 radical (unpaired) electrons. The third kappa shape index (κ3) is 6.12. The molecule has 7 nitrogen and oxygen atoms in total. The van der Waals surface area contributed by atoms with Crippen LogP contribution in [0.2, 0.25) is 5.02 Å². The number of ether oxygens (including phenoxy) is 2. The number of aryl methyl sites for hydroxylation is 2. The van der Waals surface area contributed by atoms with Crippen molar-refractivity contribution in [3.05, 3.63) is 82.4 Å². The Kier molecular flexibility index (Phi) is 8.87. The lowest BCUT2D eigenvalue weighted by Gasteiger charge is -2.26. The monoisotopic (exact) mass is 530 g/mol. The summed E-state index contributed by atoms with van der Waals surface area (Å²) in [6.07, 6.45) is 0.622. The average molecular weight is 531 g/mol. The Labute approximate surface area is 218 Å². The molecule has 1 atom stereocenters. The van der Waals surface area contributed by atoms with Crippen LogP contribution >= 0.6 is 11.6 Å². The van der Waals surface area contributed by atoms with Gasteiger partial charge in [-0.3, -0.25) is 9.10 Å². The zero-order valence-corrected chi connectivity index (χ0v) is 22.6. The molecule has 1 amide bonds. The number of sulfonamides is 1. The van der Waals surface area contributed by atoms with Gasteiger partial charge in [0.15, 0.2) is 0 Å². The zero-order valence-electron chi connectivity index (χ0n) is 21.0. The summed E-state index contributed by atoms with van der Waals surface area (Å²) in [5, 5.41) is 3.21. The number of nitrogens with one attached hydrogen (secondary N) is 1. The molecule has 0 fully saturated rings. The third-order valence-electron chi connectivity index (χ3n) is 5.88. The van der Waals surface area contributed by atoms with Gasteiger partial charge in [0.25, 0.3) is 10.0 Å². The Balaban J connectivity index is 1.94. The molecule has 0 heterocycles. The van der Waals surface area contributed by atoms with E-state index in [1.165, 1.54) is 25.3 Å². The van der Waals surface area contributed by atoms with E-state index in [4.69, 9.17) is 21.1 Å². The van der Waals surface area contributed by atoms with E-state index >= 15 is 0 Å². The summed E-state index contributed by atoms with van der Waals surface area (Å²) >= 11 is 6.30. The molecule has 192 valence electrons. The van der Waals surface area contributed by atoms with Crippen molar-refractivity contribution in [3.8, 4) is 11.5 Å². The first-order valence-electron chi connectivity index (χ1n) is 11.5. The molecule has 0 unspecified atom stereocenters. The lowest BCUT2D eigenvalue weighted by atomic mass is 10.0. The van der Waals surface area contributed by atoms with Crippen molar-refractivity contribution in [2.24, 2.45) is 0 Å². The molecule has 0 aliphatic rings. The van der Waals surface area contributed by atoms with Gasteiger partial charge in [-0.15, -0.1) is 0 Å². The molecular weight excluding hydrogens is 500 g/mol. The summed E-state index contributed by atoms with van der Waals surface area (Å²) < 4.78 is 38.9. The molecule has 0 saturated carbocycles. The van der Waals surface area contributed by atoms with Gasteiger partial charge in [-0.2, -0.15) is 0 Å². The first-order chi connectivity index (χ1) is 17.1. The fraction of sp³-hybridized carbons (Fsp3) is 0.296. The van der Waals surface area contributed by atoms with Gasteiger partial charge >= 0.3 is 0 Å².